The highest BCUT2D eigenvalue weighted by Crippen LogP contribution is 2.14. The van der Waals surface area contributed by atoms with Crippen molar-refractivity contribution in [2.75, 3.05) is 0 Å². The van der Waals surface area contributed by atoms with Gasteiger partial charge in [-0.2, -0.15) is 0 Å². The van der Waals surface area contributed by atoms with Crippen LogP contribution >= 0.6 is 11.3 Å². The highest BCUT2D eigenvalue weighted by atomic mass is 32.1. The third-order valence-electron chi connectivity index (χ3n) is 3.32. The fraction of sp³-hybridized carbons (Fsp3) is 0.312. The summed E-state index contributed by atoms with van der Waals surface area (Å²) in [6.07, 6.45) is 1.76. The van der Waals surface area contributed by atoms with E-state index in [1.54, 1.807) is 17.5 Å². The minimum absolute atomic E-state index is 0.189. The van der Waals surface area contributed by atoms with Crippen molar-refractivity contribution in [2.45, 2.75) is 32.4 Å². The maximum atomic E-state index is 13.1. The van der Waals surface area contributed by atoms with Gasteiger partial charge in [-0.3, -0.25) is 4.79 Å². The molecule has 1 aromatic heterocycles. The number of halogens is 1. The molecule has 1 amide bonds. The minimum Gasteiger partial charge on any atom is -0.366 e. The van der Waals surface area contributed by atoms with Crippen LogP contribution in [0.3, 0.4) is 0 Å². The highest BCUT2D eigenvalue weighted by Gasteiger charge is 2.07. The molecule has 3 N–H and O–H groups in total. The monoisotopic (exact) mass is 306 g/mol. The molecule has 0 aliphatic heterocycles. The van der Waals surface area contributed by atoms with Gasteiger partial charge in [-0.25, -0.2) is 4.39 Å². The fourth-order valence-corrected chi connectivity index (χ4v) is 2.88. The van der Waals surface area contributed by atoms with Crippen molar-refractivity contribution in [3.8, 4) is 0 Å². The first-order valence-electron chi connectivity index (χ1n) is 6.89. The van der Waals surface area contributed by atoms with E-state index < -0.39 is 5.91 Å². The van der Waals surface area contributed by atoms with Crippen molar-refractivity contribution in [1.82, 2.24) is 5.32 Å². The average Bonchev–Trinajstić information content (AvgIpc) is 2.92. The summed E-state index contributed by atoms with van der Waals surface area (Å²) >= 11 is 1.52. The van der Waals surface area contributed by atoms with Gasteiger partial charge in [-0.1, -0.05) is 12.1 Å². The van der Waals surface area contributed by atoms with E-state index in [9.17, 15) is 9.18 Å². The summed E-state index contributed by atoms with van der Waals surface area (Å²) in [5.74, 6) is -0.581. The van der Waals surface area contributed by atoms with E-state index in [0.717, 1.165) is 23.3 Å². The zero-order chi connectivity index (χ0) is 15.2. The number of benzene rings is 1. The van der Waals surface area contributed by atoms with Crippen LogP contribution in [0.15, 0.2) is 35.7 Å². The number of carbonyl (C=O) groups excluding carboxylic acids is 1. The Labute approximate surface area is 128 Å². The predicted molar refractivity (Wildman–Crippen MR) is 83.9 cm³/mol. The van der Waals surface area contributed by atoms with Crippen molar-refractivity contribution in [2.24, 2.45) is 5.73 Å². The lowest BCUT2D eigenvalue weighted by molar-refractivity contribution is 0.100. The molecule has 0 saturated heterocycles. The number of primary amides is 1. The van der Waals surface area contributed by atoms with E-state index in [0.29, 0.717) is 18.2 Å². The molecule has 0 bridgehead atoms. The number of amides is 1. The van der Waals surface area contributed by atoms with Gasteiger partial charge in [0.15, 0.2) is 0 Å². The maximum absolute atomic E-state index is 13.1. The Kier molecular flexibility index (Phi) is 5.47. The van der Waals surface area contributed by atoms with Gasteiger partial charge in [-0.15, -0.1) is 11.3 Å². The molecule has 2 aromatic rings. The Morgan fingerprint density at radius 2 is 2.24 bits per heavy atom. The number of aryl methyl sites for hydroxylation is 1. The van der Waals surface area contributed by atoms with Crippen molar-refractivity contribution < 1.29 is 9.18 Å². The van der Waals surface area contributed by atoms with Crippen LogP contribution in [0.25, 0.3) is 0 Å². The third kappa shape index (κ3) is 4.95. The van der Waals surface area contributed by atoms with E-state index in [4.69, 9.17) is 5.73 Å². The standard InChI is InChI=1S/C16H19FN2OS/c1-11(5-6-12-3-2-4-14(17)7-12)19-9-15-8-13(10-21-15)16(18)20/h2-4,7-8,10-11,19H,5-6,9H2,1H3,(H2,18,20)/t11-/m1/s1. The molecule has 1 aromatic carbocycles. The third-order valence-corrected chi connectivity index (χ3v) is 4.25. The molecular weight excluding hydrogens is 287 g/mol. The molecule has 21 heavy (non-hydrogen) atoms. The van der Waals surface area contributed by atoms with Crippen LogP contribution in [0.4, 0.5) is 4.39 Å². The second-order valence-corrected chi connectivity index (χ2v) is 6.11. The first kappa shape index (κ1) is 15.7. The summed E-state index contributed by atoms with van der Waals surface area (Å²) in [6.45, 7) is 2.81. The first-order chi connectivity index (χ1) is 10.0. The van der Waals surface area contributed by atoms with Gasteiger partial charge >= 0.3 is 0 Å². The molecule has 0 fully saturated rings. The molecule has 0 radical (unpaired) electrons. The SMILES string of the molecule is C[C@H](CCc1cccc(F)c1)NCc1cc(C(N)=O)cs1. The van der Waals surface area contributed by atoms with Crippen LogP contribution < -0.4 is 11.1 Å². The summed E-state index contributed by atoms with van der Waals surface area (Å²) < 4.78 is 13.1. The zero-order valence-corrected chi connectivity index (χ0v) is 12.8. The van der Waals surface area contributed by atoms with E-state index in [1.165, 1.54) is 17.4 Å². The van der Waals surface area contributed by atoms with Gasteiger partial charge < -0.3 is 11.1 Å². The summed E-state index contributed by atoms with van der Waals surface area (Å²) in [6, 6.07) is 8.84. The van der Waals surface area contributed by atoms with Gasteiger partial charge in [-0.05, 0) is 43.5 Å². The summed E-state index contributed by atoms with van der Waals surface area (Å²) in [7, 11) is 0. The van der Waals surface area contributed by atoms with Crippen LogP contribution in [-0.2, 0) is 13.0 Å². The molecule has 1 heterocycles. The van der Waals surface area contributed by atoms with Crippen LogP contribution in [0.2, 0.25) is 0 Å². The lowest BCUT2D eigenvalue weighted by Crippen LogP contribution is -2.25. The molecule has 112 valence electrons. The van der Waals surface area contributed by atoms with E-state index in [1.807, 2.05) is 12.1 Å². The summed E-state index contributed by atoms with van der Waals surface area (Å²) in [5.41, 5.74) is 6.79. The Hall–Kier alpha value is -1.72. The molecule has 0 aliphatic rings. The predicted octanol–water partition coefficient (Wildman–Crippen LogP) is 3.10. The number of carbonyl (C=O) groups is 1. The first-order valence-corrected chi connectivity index (χ1v) is 7.77. The molecule has 2 rings (SSSR count). The van der Waals surface area contributed by atoms with Gasteiger partial charge in [0.05, 0.1) is 5.56 Å². The van der Waals surface area contributed by atoms with Gasteiger partial charge in [0, 0.05) is 22.8 Å². The Morgan fingerprint density at radius 1 is 1.43 bits per heavy atom. The zero-order valence-electron chi connectivity index (χ0n) is 11.9. The van der Waals surface area contributed by atoms with Gasteiger partial charge in [0.25, 0.3) is 0 Å². The lowest BCUT2D eigenvalue weighted by atomic mass is 10.1. The Bertz CT molecular complexity index is 612. The molecular formula is C16H19FN2OS. The van der Waals surface area contributed by atoms with E-state index in [-0.39, 0.29) is 5.82 Å². The number of hydrogen-bond acceptors (Lipinski definition) is 3. The number of rotatable bonds is 7. The molecule has 0 aliphatic carbocycles. The quantitative estimate of drug-likeness (QED) is 0.826. The molecule has 0 saturated carbocycles. The Balaban J connectivity index is 1.76. The average molecular weight is 306 g/mol. The van der Waals surface area contributed by atoms with E-state index in [2.05, 4.69) is 12.2 Å². The van der Waals surface area contributed by atoms with Gasteiger partial charge in [0.2, 0.25) is 5.91 Å². The van der Waals surface area contributed by atoms with Crippen LogP contribution in [-0.4, -0.2) is 11.9 Å². The van der Waals surface area contributed by atoms with Crippen molar-refractivity contribution in [3.05, 3.63) is 57.5 Å². The van der Waals surface area contributed by atoms with Crippen molar-refractivity contribution in [1.29, 1.82) is 0 Å². The number of nitrogens with two attached hydrogens (primary N) is 1. The number of hydrogen-bond donors (Lipinski definition) is 2. The topological polar surface area (TPSA) is 55.1 Å². The number of nitrogens with one attached hydrogen (secondary N) is 1. The second-order valence-electron chi connectivity index (χ2n) is 5.12. The Morgan fingerprint density at radius 3 is 2.90 bits per heavy atom. The lowest BCUT2D eigenvalue weighted by Gasteiger charge is -2.13. The van der Waals surface area contributed by atoms with Crippen molar-refractivity contribution in [3.63, 3.8) is 0 Å². The fourth-order valence-electron chi connectivity index (χ4n) is 2.06. The molecule has 1 atom stereocenters. The summed E-state index contributed by atoms with van der Waals surface area (Å²) in [5, 5.41) is 5.18. The maximum Gasteiger partial charge on any atom is 0.249 e. The molecule has 3 nitrogen and oxygen atoms in total. The minimum atomic E-state index is -0.392. The molecule has 0 unspecified atom stereocenters. The highest BCUT2D eigenvalue weighted by molar-refractivity contribution is 7.10. The van der Waals surface area contributed by atoms with Crippen LogP contribution in [0.5, 0.6) is 0 Å². The van der Waals surface area contributed by atoms with Gasteiger partial charge in [0.1, 0.15) is 5.82 Å². The van der Waals surface area contributed by atoms with Crippen LogP contribution in [0.1, 0.15) is 34.1 Å². The number of thiophene rings is 1. The van der Waals surface area contributed by atoms with E-state index >= 15 is 0 Å². The second kappa shape index (κ2) is 7.33. The normalized spacial score (nSPS) is 12.3. The smallest absolute Gasteiger partial charge is 0.249 e. The van der Waals surface area contributed by atoms with Crippen molar-refractivity contribution >= 4 is 17.2 Å². The van der Waals surface area contributed by atoms with Crippen LogP contribution in [0, 0.1) is 5.82 Å². The summed E-state index contributed by atoms with van der Waals surface area (Å²) in [4.78, 5) is 12.1. The molecule has 0 spiro atoms. The molecule has 5 heteroatoms. The largest absolute Gasteiger partial charge is 0.366 e.